The molecular formula is C34H29Cl2F2N5O4. The van der Waals surface area contributed by atoms with E-state index < -0.39 is 29.2 Å². The first-order chi connectivity index (χ1) is 22.7. The van der Waals surface area contributed by atoms with Gasteiger partial charge >= 0.3 is 0 Å². The van der Waals surface area contributed by atoms with Crippen molar-refractivity contribution in [2.75, 3.05) is 13.2 Å². The highest BCUT2D eigenvalue weighted by Crippen LogP contribution is 2.45. The highest BCUT2D eigenvalue weighted by atomic mass is 35.5. The lowest BCUT2D eigenvalue weighted by atomic mass is 9.80. The molecule has 13 heteroatoms. The zero-order valence-corrected chi connectivity index (χ0v) is 26.4. The number of aliphatic hydroxyl groups excluding tert-OH is 1. The third-order valence-corrected chi connectivity index (χ3v) is 8.10. The molecule has 0 fully saturated rings. The number of hydrogen-bond donors (Lipinski definition) is 2. The number of aliphatic hydroxyl groups is 1. The highest BCUT2D eigenvalue weighted by molar-refractivity contribution is 6.35. The van der Waals surface area contributed by atoms with Gasteiger partial charge in [0.1, 0.15) is 17.4 Å². The fourth-order valence-corrected chi connectivity index (χ4v) is 5.81. The standard InChI is InChI=1S/C34H29Cl2F2N5O4/c35-25-8-11-29(30(36)16-25)31-34(18-23-4-1-2-5-24(23)20-41-43-39,33(45)40-19-21-14-26(37)17-27(38)15-21)42-32(47-31)22-6-9-28(10-7-22)46-13-3-12-44/h1-2,4-11,14-17,31,44H,3,12-13,18-20H2,(H,40,45)/t31-,34-/m1/s1. The third-order valence-electron chi connectivity index (χ3n) is 7.53. The number of benzene rings is 4. The minimum absolute atomic E-state index is 0.00165. The Balaban J connectivity index is 1.62. The van der Waals surface area contributed by atoms with E-state index in [9.17, 15) is 13.6 Å². The molecule has 0 unspecified atom stereocenters. The first-order valence-corrected chi connectivity index (χ1v) is 15.3. The molecule has 0 bridgehead atoms. The molecule has 5 rings (SSSR count). The Bertz CT molecular complexity index is 1820. The molecule has 0 spiro atoms. The number of amides is 1. The van der Waals surface area contributed by atoms with Gasteiger partial charge in [0.25, 0.3) is 5.91 Å². The first-order valence-electron chi connectivity index (χ1n) is 14.6. The number of rotatable bonds is 13. The summed E-state index contributed by atoms with van der Waals surface area (Å²) in [4.78, 5) is 22.3. The second-order valence-corrected chi connectivity index (χ2v) is 11.6. The summed E-state index contributed by atoms with van der Waals surface area (Å²) in [5.74, 6) is -1.46. The van der Waals surface area contributed by atoms with E-state index in [4.69, 9.17) is 48.3 Å². The SMILES string of the molecule is [N-]=[N+]=NCc1ccccc1C[C@@]1(C(=O)NCc2cc(F)cc(F)c2)N=C(c2ccc(OCCCO)cc2)O[C@@H]1c1ccc(Cl)cc1Cl. The summed E-state index contributed by atoms with van der Waals surface area (Å²) >= 11 is 12.9. The van der Waals surface area contributed by atoms with E-state index in [0.717, 1.165) is 18.2 Å². The molecule has 0 aromatic heterocycles. The van der Waals surface area contributed by atoms with Gasteiger partial charge in [0.05, 0.1) is 13.2 Å². The average Bonchev–Trinajstić information content (AvgIpc) is 3.43. The predicted molar refractivity (Wildman–Crippen MR) is 174 cm³/mol. The zero-order chi connectivity index (χ0) is 33.4. The van der Waals surface area contributed by atoms with Crippen LogP contribution >= 0.6 is 23.2 Å². The maximum Gasteiger partial charge on any atom is 0.252 e. The molecule has 4 aromatic rings. The van der Waals surface area contributed by atoms with Gasteiger partial charge in [0.15, 0.2) is 11.6 Å². The van der Waals surface area contributed by atoms with Crippen LogP contribution in [-0.4, -0.2) is 35.7 Å². The Morgan fingerprint density at radius 3 is 2.45 bits per heavy atom. The zero-order valence-electron chi connectivity index (χ0n) is 24.9. The Morgan fingerprint density at radius 1 is 1.04 bits per heavy atom. The van der Waals surface area contributed by atoms with Crippen molar-refractivity contribution in [3.05, 3.63) is 145 Å². The number of ether oxygens (including phenoxy) is 2. The van der Waals surface area contributed by atoms with E-state index in [2.05, 4.69) is 15.3 Å². The summed E-state index contributed by atoms with van der Waals surface area (Å²) in [6.45, 7) is 0.149. The van der Waals surface area contributed by atoms with Crippen LogP contribution in [0, 0.1) is 11.6 Å². The van der Waals surface area contributed by atoms with Crippen LogP contribution in [0.3, 0.4) is 0 Å². The number of carbonyl (C=O) groups is 1. The van der Waals surface area contributed by atoms with Crippen LogP contribution in [0.15, 0.2) is 95.0 Å². The van der Waals surface area contributed by atoms with Gasteiger partial charge in [-0.05, 0) is 70.8 Å². The molecule has 2 N–H and O–H groups in total. The van der Waals surface area contributed by atoms with Gasteiger partial charge < -0.3 is 19.9 Å². The minimum atomic E-state index is -1.71. The summed E-state index contributed by atoms with van der Waals surface area (Å²) in [5, 5.41) is 16.2. The molecule has 1 amide bonds. The molecule has 242 valence electrons. The topological polar surface area (TPSA) is 129 Å². The van der Waals surface area contributed by atoms with E-state index >= 15 is 0 Å². The van der Waals surface area contributed by atoms with Gasteiger partial charge in [-0.1, -0.05) is 58.6 Å². The van der Waals surface area contributed by atoms with Gasteiger partial charge in [-0.25, -0.2) is 13.8 Å². The van der Waals surface area contributed by atoms with Crippen LogP contribution in [-0.2, 0) is 29.0 Å². The monoisotopic (exact) mass is 679 g/mol. The molecule has 1 aliphatic rings. The second-order valence-electron chi connectivity index (χ2n) is 10.7. The van der Waals surface area contributed by atoms with Crippen LogP contribution in [0.1, 0.15) is 40.3 Å². The van der Waals surface area contributed by atoms with Crippen molar-refractivity contribution in [1.29, 1.82) is 0 Å². The van der Waals surface area contributed by atoms with Crippen LogP contribution in [0.4, 0.5) is 8.78 Å². The summed E-state index contributed by atoms with van der Waals surface area (Å²) in [7, 11) is 0. The summed E-state index contributed by atoms with van der Waals surface area (Å²) < 4.78 is 40.2. The summed E-state index contributed by atoms with van der Waals surface area (Å²) in [6, 6.07) is 21.9. The highest BCUT2D eigenvalue weighted by Gasteiger charge is 2.54. The quantitative estimate of drug-likeness (QED) is 0.0650. The van der Waals surface area contributed by atoms with Gasteiger partial charge in [0.2, 0.25) is 5.90 Å². The number of azide groups is 1. The van der Waals surface area contributed by atoms with Gasteiger partial charge in [-0.15, -0.1) is 0 Å². The average molecular weight is 681 g/mol. The lowest BCUT2D eigenvalue weighted by Gasteiger charge is -2.32. The fourth-order valence-electron chi connectivity index (χ4n) is 5.30. The van der Waals surface area contributed by atoms with Crippen molar-refractivity contribution < 1.29 is 28.2 Å². The van der Waals surface area contributed by atoms with Crippen molar-refractivity contribution in [1.82, 2.24) is 5.32 Å². The fraction of sp³-hybridized carbons (Fsp3) is 0.235. The molecule has 1 heterocycles. The molecule has 0 aliphatic carbocycles. The van der Waals surface area contributed by atoms with Crippen LogP contribution in [0.2, 0.25) is 10.0 Å². The third kappa shape index (κ3) is 8.01. The van der Waals surface area contributed by atoms with Gasteiger partial charge in [-0.3, -0.25) is 4.79 Å². The molecule has 0 saturated carbocycles. The minimum Gasteiger partial charge on any atom is -0.494 e. The van der Waals surface area contributed by atoms with Crippen molar-refractivity contribution in [2.24, 2.45) is 10.1 Å². The van der Waals surface area contributed by atoms with Crippen LogP contribution < -0.4 is 10.1 Å². The van der Waals surface area contributed by atoms with E-state index in [1.54, 1.807) is 60.7 Å². The molecule has 9 nitrogen and oxygen atoms in total. The molecule has 0 radical (unpaired) electrons. The normalized spacial score (nSPS) is 17.0. The maximum atomic E-state index is 14.5. The molecule has 1 aliphatic heterocycles. The summed E-state index contributed by atoms with van der Waals surface area (Å²) in [5.41, 5.74) is 9.78. The molecule has 4 aromatic carbocycles. The van der Waals surface area contributed by atoms with Gasteiger partial charge in [-0.2, -0.15) is 0 Å². The molecule has 2 atom stereocenters. The first kappa shape index (κ1) is 33.7. The summed E-state index contributed by atoms with van der Waals surface area (Å²) in [6.07, 6.45) is -0.634. The number of nitrogens with one attached hydrogen (secondary N) is 1. The van der Waals surface area contributed by atoms with Crippen molar-refractivity contribution in [3.8, 4) is 5.75 Å². The largest absolute Gasteiger partial charge is 0.494 e. The smallest absolute Gasteiger partial charge is 0.252 e. The van der Waals surface area contributed by atoms with Gasteiger partial charge in [0, 0.05) is 58.1 Å². The van der Waals surface area contributed by atoms with E-state index in [-0.39, 0.29) is 42.6 Å². The molecule has 47 heavy (non-hydrogen) atoms. The van der Waals surface area contributed by atoms with Crippen LogP contribution in [0.5, 0.6) is 5.75 Å². The Kier molecular flexibility index (Phi) is 11.0. The van der Waals surface area contributed by atoms with Crippen LogP contribution in [0.25, 0.3) is 10.4 Å². The van der Waals surface area contributed by atoms with E-state index in [1.165, 1.54) is 6.07 Å². The van der Waals surface area contributed by atoms with Crippen molar-refractivity contribution in [3.63, 3.8) is 0 Å². The lowest BCUT2D eigenvalue weighted by Crippen LogP contribution is -2.50. The number of halogens is 4. The number of carbonyl (C=O) groups excluding carboxylic acids is 1. The Morgan fingerprint density at radius 2 is 1.77 bits per heavy atom. The number of hydrogen-bond acceptors (Lipinski definition) is 6. The van der Waals surface area contributed by atoms with E-state index in [1.807, 2.05) is 0 Å². The Labute approximate surface area is 279 Å². The number of aliphatic imine (C=N–C) groups is 1. The second kappa shape index (κ2) is 15.3. The predicted octanol–water partition coefficient (Wildman–Crippen LogP) is 7.66. The molecule has 0 saturated heterocycles. The maximum absolute atomic E-state index is 14.5. The van der Waals surface area contributed by atoms with Crippen molar-refractivity contribution >= 4 is 35.0 Å². The Hall–Kier alpha value is -4.67. The van der Waals surface area contributed by atoms with Crippen molar-refractivity contribution in [2.45, 2.75) is 37.6 Å². The molecular weight excluding hydrogens is 651 g/mol. The lowest BCUT2D eigenvalue weighted by molar-refractivity contribution is -0.129. The van der Waals surface area contributed by atoms with E-state index in [0.29, 0.717) is 46.1 Å². The number of nitrogens with zero attached hydrogens (tertiary/aromatic N) is 4.